The van der Waals surface area contributed by atoms with E-state index in [1.54, 1.807) is 0 Å². The molecular formula is C14H22N2O3. The second-order valence-corrected chi connectivity index (χ2v) is 6.58. The van der Waals surface area contributed by atoms with Gasteiger partial charge in [0.15, 0.2) is 0 Å². The number of urea groups is 1. The highest BCUT2D eigenvalue weighted by Gasteiger charge is 2.51. The number of rotatable bonds is 3. The van der Waals surface area contributed by atoms with Crippen LogP contribution in [-0.4, -0.2) is 31.2 Å². The van der Waals surface area contributed by atoms with Gasteiger partial charge in [-0.05, 0) is 56.3 Å². The van der Waals surface area contributed by atoms with Gasteiger partial charge in [-0.1, -0.05) is 0 Å². The van der Waals surface area contributed by atoms with Crippen molar-refractivity contribution in [3.8, 4) is 0 Å². The van der Waals surface area contributed by atoms with Gasteiger partial charge in [-0.25, -0.2) is 4.79 Å². The molecule has 4 aliphatic carbocycles. The molecule has 0 unspecified atom stereocenters. The van der Waals surface area contributed by atoms with E-state index in [2.05, 4.69) is 15.4 Å². The normalized spacial score (nSPS) is 38.9. The van der Waals surface area contributed by atoms with Crippen LogP contribution in [0, 0.1) is 17.8 Å². The molecule has 4 saturated carbocycles. The average molecular weight is 266 g/mol. The maximum atomic E-state index is 11.9. The van der Waals surface area contributed by atoms with Crippen LogP contribution < -0.4 is 10.6 Å². The van der Waals surface area contributed by atoms with Crippen LogP contribution in [0.1, 0.15) is 38.5 Å². The largest absolute Gasteiger partial charge is 0.468 e. The second-order valence-electron chi connectivity index (χ2n) is 6.58. The fourth-order valence-corrected chi connectivity index (χ4v) is 4.77. The van der Waals surface area contributed by atoms with Crippen LogP contribution in [-0.2, 0) is 9.53 Å². The summed E-state index contributed by atoms with van der Waals surface area (Å²) in [5.41, 5.74) is -0.00501. The molecule has 4 fully saturated rings. The number of hydrogen-bond acceptors (Lipinski definition) is 3. The lowest BCUT2D eigenvalue weighted by Gasteiger charge is -2.56. The highest BCUT2D eigenvalue weighted by Crippen LogP contribution is 2.55. The SMILES string of the molecule is COC(=O)CNC(=O)NC12CC3CC(CC(C3)C1)C2. The Morgan fingerprint density at radius 1 is 1.11 bits per heavy atom. The molecule has 2 N–H and O–H groups in total. The van der Waals surface area contributed by atoms with E-state index < -0.39 is 5.97 Å². The molecule has 0 aromatic carbocycles. The van der Waals surface area contributed by atoms with E-state index in [0.29, 0.717) is 0 Å². The Bertz CT molecular complexity index is 359. The standard InChI is InChI=1S/C14H22N2O3/c1-19-12(17)8-15-13(18)16-14-5-9-2-10(6-14)4-11(3-9)7-14/h9-11H,2-8H2,1H3,(H2,15,16,18). The number of ether oxygens (including phenoxy) is 1. The number of carbonyl (C=O) groups is 2. The molecule has 5 heteroatoms. The summed E-state index contributed by atoms with van der Waals surface area (Å²) in [6.07, 6.45) is 7.40. The third kappa shape index (κ3) is 2.55. The number of hydrogen-bond donors (Lipinski definition) is 2. The summed E-state index contributed by atoms with van der Waals surface area (Å²) in [5.74, 6) is 1.98. The third-order valence-electron chi connectivity index (χ3n) is 5.04. The van der Waals surface area contributed by atoms with Crippen LogP contribution in [0.3, 0.4) is 0 Å². The van der Waals surface area contributed by atoms with Crippen LogP contribution in [0.25, 0.3) is 0 Å². The fourth-order valence-electron chi connectivity index (χ4n) is 4.77. The lowest BCUT2D eigenvalue weighted by molar-refractivity contribution is -0.139. The summed E-state index contributed by atoms with van der Waals surface area (Å²) >= 11 is 0. The Balaban J connectivity index is 1.57. The zero-order valence-electron chi connectivity index (χ0n) is 11.4. The quantitative estimate of drug-likeness (QED) is 0.759. The number of methoxy groups -OCH3 is 1. The number of nitrogens with one attached hydrogen (secondary N) is 2. The summed E-state index contributed by atoms with van der Waals surface area (Å²) in [6.45, 7) is -0.0608. The summed E-state index contributed by atoms with van der Waals surface area (Å²) in [5, 5.41) is 5.73. The van der Waals surface area contributed by atoms with Crippen molar-refractivity contribution < 1.29 is 14.3 Å². The van der Waals surface area contributed by atoms with E-state index in [9.17, 15) is 9.59 Å². The molecule has 0 aliphatic heterocycles. The molecule has 5 nitrogen and oxygen atoms in total. The lowest BCUT2D eigenvalue weighted by atomic mass is 9.53. The predicted molar refractivity (Wildman–Crippen MR) is 69.5 cm³/mol. The van der Waals surface area contributed by atoms with E-state index in [4.69, 9.17) is 0 Å². The Kier molecular flexibility index (Phi) is 3.15. The smallest absolute Gasteiger partial charge is 0.325 e. The summed E-state index contributed by atoms with van der Waals surface area (Å²) in [6, 6.07) is -0.229. The van der Waals surface area contributed by atoms with E-state index >= 15 is 0 Å². The summed E-state index contributed by atoms with van der Waals surface area (Å²) < 4.78 is 4.51. The molecule has 0 aromatic heterocycles. The topological polar surface area (TPSA) is 67.4 Å². The molecule has 19 heavy (non-hydrogen) atoms. The maximum absolute atomic E-state index is 11.9. The molecule has 0 atom stereocenters. The van der Waals surface area contributed by atoms with Crippen molar-refractivity contribution >= 4 is 12.0 Å². The number of carbonyl (C=O) groups excluding carboxylic acids is 2. The Hall–Kier alpha value is -1.26. The van der Waals surface area contributed by atoms with Gasteiger partial charge >= 0.3 is 12.0 Å². The Morgan fingerprint density at radius 2 is 1.63 bits per heavy atom. The predicted octanol–water partition coefficient (Wildman–Crippen LogP) is 1.43. The molecule has 0 aromatic rings. The molecule has 0 radical (unpaired) electrons. The van der Waals surface area contributed by atoms with Gasteiger partial charge < -0.3 is 15.4 Å². The van der Waals surface area contributed by atoms with Gasteiger partial charge in [0.1, 0.15) is 6.54 Å². The summed E-state index contributed by atoms with van der Waals surface area (Å²) in [7, 11) is 1.32. The first-order chi connectivity index (χ1) is 9.08. The number of esters is 1. The maximum Gasteiger partial charge on any atom is 0.325 e. The zero-order chi connectivity index (χ0) is 13.5. The average Bonchev–Trinajstić information content (AvgIpc) is 2.33. The first-order valence-electron chi connectivity index (χ1n) is 7.21. The highest BCUT2D eigenvalue weighted by atomic mass is 16.5. The minimum Gasteiger partial charge on any atom is -0.468 e. The molecule has 4 aliphatic rings. The van der Waals surface area contributed by atoms with Gasteiger partial charge in [-0.15, -0.1) is 0 Å². The minimum atomic E-state index is -0.416. The summed E-state index contributed by atoms with van der Waals surface area (Å²) in [4.78, 5) is 22.9. The van der Waals surface area contributed by atoms with Crippen LogP contribution in [0.15, 0.2) is 0 Å². The Labute approximate surface area is 113 Å². The first-order valence-corrected chi connectivity index (χ1v) is 7.21. The molecule has 106 valence electrons. The minimum absolute atomic E-state index is 0.00501. The third-order valence-corrected chi connectivity index (χ3v) is 5.04. The van der Waals surface area contributed by atoms with Crippen molar-refractivity contribution in [3.05, 3.63) is 0 Å². The Morgan fingerprint density at radius 3 is 2.11 bits per heavy atom. The zero-order valence-corrected chi connectivity index (χ0v) is 11.4. The van der Waals surface area contributed by atoms with Crippen molar-refractivity contribution in [2.75, 3.05) is 13.7 Å². The molecule has 0 saturated heterocycles. The van der Waals surface area contributed by atoms with E-state index in [1.807, 2.05) is 0 Å². The fraction of sp³-hybridized carbons (Fsp3) is 0.857. The van der Waals surface area contributed by atoms with Crippen molar-refractivity contribution in [1.82, 2.24) is 10.6 Å². The first kappa shape index (κ1) is 12.8. The van der Waals surface area contributed by atoms with Gasteiger partial charge in [0.05, 0.1) is 7.11 Å². The number of amides is 2. The van der Waals surface area contributed by atoms with Gasteiger partial charge in [0.25, 0.3) is 0 Å². The van der Waals surface area contributed by atoms with Crippen molar-refractivity contribution in [2.45, 2.75) is 44.1 Å². The highest BCUT2D eigenvalue weighted by molar-refractivity contribution is 5.81. The van der Waals surface area contributed by atoms with Crippen LogP contribution >= 0.6 is 0 Å². The van der Waals surface area contributed by atoms with E-state index in [1.165, 1.54) is 26.4 Å². The monoisotopic (exact) mass is 266 g/mol. The van der Waals surface area contributed by atoms with Crippen molar-refractivity contribution in [3.63, 3.8) is 0 Å². The second kappa shape index (κ2) is 4.69. The van der Waals surface area contributed by atoms with Crippen LogP contribution in [0.4, 0.5) is 4.79 Å². The molecule has 0 spiro atoms. The van der Waals surface area contributed by atoms with E-state index in [-0.39, 0.29) is 18.1 Å². The van der Waals surface area contributed by atoms with E-state index in [0.717, 1.165) is 37.0 Å². The lowest BCUT2D eigenvalue weighted by Crippen LogP contribution is -2.61. The molecule has 0 heterocycles. The molecule has 4 rings (SSSR count). The van der Waals surface area contributed by atoms with Crippen molar-refractivity contribution in [2.24, 2.45) is 17.8 Å². The molecular weight excluding hydrogens is 244 g/mol. The van der Waals surface area contributed by atoms with Gasteiger partial charge in [-0.2, -0.15) is 0 Å². The van der Waals surface area contributed by atoms with Crippen molar-refractivity contribution in [1.29, 1.82) is 0 Å². The van der Waals surface area contributed by atoms with Crippen LogP contribution in [0.5, 0.6) is 0 Å². The van der Waals surface area contributed by atoms with Gasteiger partial charge in [0.2, 0.25) is 0 Å². The van der Waals surface area contributed by atoms with Crippen LogP contribution in [0.2, 0.25) is 0 Å². The molecule has 2 amide bonds. The van der Waals surface area contributed by atoms with Gasteiger partial charge in [-0.3, -0.25) is 4.79 Å². The van der Waals surface area contributed by atoms with Gasteiger partial charge in [0, 0.05) is 5.54 Å². The molecule has 4 bridgehead atoms.